The fourth-order valence-corrected chi connectivity index (χ4v) is 1.04. The van der Waals surface area contributed by atoms with Crippen LogP contribution < -0.4 is 4.74 Å². The minimum absolute atomic E-state index is 0.490. The van der Waals surface area contributed by atoms with E-state index in [1.165, 1.54) is 5.57 Å². The summed E-state index contributed by atoms with van der Waals surface area (Å²) in [5, 5.41) is 0. The first-order chi connectivity index (χ1) is 7.72. The topological polar surface area (TPSA) is 22.1 Å². The first kappa shape index (κ1) is 12.2. The van der Waals surface area contributed by atoms with Crippen molar-refractivity contribution in [1.29, 1.82) is 0 Å². The summed E-state index contributed by atoms with van der Waals surface area (Å²) in [6.45, 7) is 8.35. The van der Waals surface area contributed by atoms with Gasteiger partial charge < -0.3 is 4.74 Å². The molecule has 0 saturated carbocycles. The predicted molar refractivity (Wildman–Crippen MR) is 67.4 cm³/mol. The van der Waals surface area contributed by atoms with Crippen molar-refractivity contribution in [2.75, 3.05) is 6.61 Å². The molecule has 1 aromatic heterocycles. The second-order valence-electron chi connectivity index (χ2n) is 3.65. The highest BCUT2D eigenvalue weighted by Gasteiger charge is 1.94. The zero-order chi connectivity index (χ0) is 11.8. The first-order valence-corrected chi connectivity index (χ1v) is 5.22. The molecule has 0 aliphatic rings. The summed E-state index contributed by atoms with van der Waals surface area (Å²) >= 11 is 0. The van der Waals surface area contributed by atoms with Crippen molar-refractivity contribution in [2.45, 2.75) is 13.8 Å². The Labute approximate surface area is 97.0 Å². The summed E-state index contributed by atoms with van der Waals surface area (Å²) in [7, 11) is 0. The Bertz CT molecular complexity index is 386. The summed E-state index contributed by atoms with van der Waals surface area (Å²) in [5.74, 6) is 0.632. The highest BCUT2D eigenvalue weighted by Crippen LogP contribution is 2.06. The van der Waals surface area contributed by atoms with Gasteiger partial charge in [0.15, 0.2) is 0 Å². The maximum Gasteiger partial charge on any atom is 0.213 e. The Morgan fingerprint density at radius 1 is 1.38 bits per heavy atom. The summed E-state index contributed by atoms with van der Waals surface area (Å²) in [6, 6.07) is 5.59. The van der Waals surface area contributed by atoms with E-state index in [9.17, 15) is 0 Å². The molecule has 0 spiro atoms. The van der Waals surface area contributed by atoms with Crippen LogP contribution in [0.1, 0.15) is 13.8 Å². The molecule has 2 heteroatoms. The molecule has 0 aromatic carbocycles. The zero-order valence-corrected chi connectivity index (χ0v) is 9.81. The van der Waals surface area contributed by atoms with E-state index in [2.05, 4.69) is 25.4 Å². The van der Waals surface area contributed by atoms with Crippen molar-refractivity contribution in [2.24, 2.45) is 0 Å². The van der Waals surface area contributed by atoms with Crippen LogP contribution in [0.3, 0.4) is 0 Å². The molecule has 0 bridgehead atoms. The molecule has 0 radical (unpaired) electrons. The van der Waals surface area contributed by atoms with Crippen molar-refractivity contribution < 1.29 is 4.74 Å². The minimum Gasteiger partial charge on any atom is -0.473 e. The van der Waals surface area contributed by atoms with Gasteiger partial charge in [0.1, 0.15) is 6.61 Å². The highest BCUT2D eigenvalue weighted by molar-refractivity contribution is 5.25. The fraction of sp³-hybridized carbons (Fsp3) is 0.214. The SMILES string of the molecule is C=C/C(=C\C=C(C)C)COc1ccccn1. The number of pyridine rings is 1. The van der Waals surface area contributed by atoms with Gasteiger partial charge in [0.2, 0.25) is 5.88 Å². The molecule has 0 fully saturated rings. The molecule has 0 N–H and O–H groups in total. The molecule has 84 valence electrons. The van der Waals surface area contributed by atoms with Gasteiger partial charge in [-0.15, -0.1) is 0 Å². The Morgan fingerprint density at radius 3 is 2.75 bits per heavy atom. The summed E-state index contributed by atoms with van der Waals surface area (Å²) < 4.78 is 5.51. The molecular weight excluding hydrogens is 198 g/mol. The third kappa shape index (κ3) is 4.60. The molecule has 0 aliphatic carbocycles. The zero-order valence-electron chi connectivity index (χ0n) is 9.81. The van der Waals surface area contributed by atoms with Gasteiger partial charge in [-0.1, -0.05) is 36.4 Å². The summed E-state index contributed by atoms with van der Waals surface area (Å²) in [5.41, 5.74) is 2.28. The number of aromatic nitrogens is 1. The fourth-order valence-electron chi connectivity index (χ4n) is 1.04. The molecular formula is C14H17NO. The van der Waals surface area contributed by atoms with E-state index in [1.54, 1.807) is 12.3 Å². The standard InChI is InChI=1S/C14H17NO/c1-4-13(9-8-12(2)3)11-16-14-7-5-6-10-15-14/h4-10H,1,11H2,2-3H3/b13-9+. The van der Waals surface area contributed by atoms with Crippen molar-refractivity contribution in [3.05, 3.63) is 60.3 Å². The predicted octanol–water partition coefficient (Wildman–Crippen LogP) is 3.54. The van der Waals surface area contributed by atoms with E-state index in [0.717, 1.165) is 5.57 Å². The molecule has 0 unspecified atom stereocenters. The average molecular weight is 215 g/mol. The number of allylic oxidation sites excluding steroid dienone is 3. The van der Waals surface area contributed by atoms with Crippen LogP contribution in [0.5, 0.6) is 5.88 Å². The molecule has 2 nitrogen and oxygen atoms in total. The van der Waals surface area contributed by atoms with Gasteiger partial charge in [-0.25, -0.2) is 4.98 Å². The van der Waals surface area contributed by atoms with Crippen LogP contribution in [0.2, 0.25) is 0 Å². The van der Waals surface area contributed by atoms with Gasteiger partial charge in [0, 0.05) is 12.3 Å². The quantitative estimate of drug-likeness (QED) is 0.701. The Morgan fingerprint density at radius 2 is 2.19 bits per heavy atom. The lowest BCUT2D eigenvalue weighted by atomic mass is 10.2. The van der Waals surface area contributed by atoms with Crippen LogP contribution in [0.15, 0.2) is 60.3 Å². The van der Waals surface area contributed by atoms with Crippen molar-refractivity contribution in [1.82, 2.24) is 4.98 Å². The number of ether oxygens (including phenoxy) is 1. The Balaban J connectivity index is 2.56. The van der Waals surface area contributed by atoms with E-state index >= 15 is 0 Å². The van der Waals surface area contributed by atoms with Gasteiger partial charge in [-0.3, -0.25) is 0 Å². The maximum atomic E-state index is 5.51. The molecule has 1 rings (SSSR count). The largest absolute Gasteiger partial charge is 0.473 e. The maximum absolute atomic E-state index is 5.51. The molecule has 0 saturated heterocycles. The third-order valence-corrected chi connectivity index (χ3v) is 1.92. The van der Waals surface area contributed by atoms with Gasteiger partial charge in [0.25, 0.3) is 0 Å². The minimum atomic E-state index is 0.490. The summed E-state index contributed by atoms with van der Waals surface area (Å²) in [6.07, 6.45) is 7.55. The normalized spacial score (nSPS) is 10.8. The van der Waals surface area contributed by atoms with Crippen LogP contribution in [-0.4, -0.2) is 11.6 Å². The lowest BCUT2D eigenvalue weighted by molar-refractivity contribution is 0.341. The molecule has 1 heterocycles. The van der Waals surface area contributed by atoms with E-state index in [-0.39, 0.29) is 0 Å². The lowest BCUT2D eigenvalue weighted by Crippen LogP contribution is -2.00. The van der Waals surface area contributed by atoms with Crippen LogP contribution in [-0.2, 0) is 0 Å². The Hall–Kier alpha value is -1.83. The molecule has 16 heavy (non-hydrogen) atoms. The van der Waals surface area contributed by atoms with Gasteiger partial charge >= 0.3 is 0 Å². The van der Waals surface area contributed by atoms with E-state index in [0.29, 0.717) is 12.5 Å². The van der Waals surface area contributed by atoms with E-state index in [4.69, 9.17) is 4.74 Å². The van der Waals surface area contributed by atoms with Gasteiger partial charge in [-0.05, 0) is 25.5 Å². The van der Waals surface area contributed by atoms with Crippen LogP contribution >= 0.6 is 0 Å². The number of hydrogen-bond donors (Lipinski definition) is 0. The summed E-state index contributed by atoms with van der Waals surface area (Å²) in [4.78, 5) is 4.08. The second-order valence-corrected chi connectivity index (χ2v) is 3.65. The van der Waals surface area contributed by atoms with Crippen molar-refractivity contribution >= 4 is 0 Å². The second kappa shape index (κ2) is 6.62. The van der Waals surface area contributed by atoms with Gasteiger partial charge in [-0.2, -0.15) is 0 Å². The van der Waals surface area contributed by atoms with Gasteiger partial charge in [0.05, 0.1) is 0 Å². The average Bonchev–Trinajstić information content (AvgIpc) is 2.30. The highest BCUT2D eigenvalue weighted by atomic mass is 16.5. The molecule has 0 atom stereocenters. The monoisotopic (exact) mass is 215 g/mol. The molecule has 0 amide bonds. The van der Waals surface area contributed by atoms with Crippen LogP contribution in [0.4, 0.5) is 0 Å². The number of nitrogens with zero attached hydrogens (tertiary/aromatic N) is 1. The van der Waals surface area contributed by atoms with Crippen LogP contribution in [0.25, 0.3) is 0 Å². The molecule has 0 aliphatic heterocycles. The van der Waals surface area contributed by atoms with E-state index in [1.807, 2.05) is 30.4 Å². The number of rotatable bonds is 5. The smallest absolute Gasteiger partial charge is 0.213 e. The Kier molecular flexibility index (Phi) is 5.06. The van der Waals surface area contributed by atoms with Crippen molar-refractivity contribution in [3.63, 3.8) is 0 Å². The first-order valence-electron chi connectivity index (χ1n) is 5.22. The molecule has 1 aromatic rings. The van der Waals surface area contributed by atoms with Crippen LogP contribution in [0, 0.1) is 0 Å². The number of hydrogen-bond acceptors (Lipinski definition) is 2. The van der Waals surface area contributed by atoms with Crippen molar-refractivity contribution in [3.8, 4) is 5.88 Å². The lowest BCUT2D eigenvalue weighted by Gasteiger charge is -2.04. The van der Waals surface area contributed by atoms with E-state index < -0.39 is 0 Å². The third-order valence-electron chi connectivity index (χ3n) is 1.92.